The average Bonchev–Trinajstić information content (AvgIpc) is 3.40. The number of amides is 1. The maximum atomic E-state index is 12.9. The molecular formula is C25H24ClN5O3S. The summed E-state index contributed by atoms with van der Waals surface area (Å²) in [6, 6.07) is 11.9. The van der Waals surface area contributed by atoms with E-state index in [1.54, 1.807) is 42.6 Å². The molecule has 2 aliphatic carbocycles. The highest BCUT2D eigenvalue weighted by Crippen LogP contribution is 2.45. The molecule has 3 aromatic rings. The molecule has 1 aliphatic heterocycles. The second-order valence-electron chi connectivity index (χ2n) is 9.53. The van der Waals surface area contributed by atoms with E-state index in [9.17, 15) is 13.2 Å². The maximum Gasteiger partial charge on any atom is 0.240 e. The molecule has 1 amide bonds. The van der Waals surface area contributed by atoms with Gasteiger partial charge in [0, 0.05) is 34.1 Å². The molecule has 2 saturated carbocycles. The highest BCUT2D eigenvalue weighted by Gasteiger charge is 2.41. The Morgan fingerprint density at radius 2 is 1.89 bits per heavy atom. The Balaban J connectivity index is 1.22. The van der Waals surface area contributed by atoms with E-state index in [4.69, 9.17) is 11.6 Å². The number of carbonyl (C=O) groups excluding carboxylic acids is 1. The van der Waals surface area contributed by atoms with Crippen molar-refractivity contribution in [2.24, 2.45) is 11.8 Å². The van der Waals surface area contributed by atoms with Gasteiger partial charge in [0.15, 0.2) is 0 Å². The van der Waals surface area contributed by atoms with Crippen LogP contribution in [0.3, 0.4) is 0 Å². The maximum absolute atomic E-state index is 12.9. The van der Waals surface area contributed by atoms with Crippen LogP contribution >= 0.6 is 11.6 Å². The molecule has 1 aromatic heterocycles. The number of nitrogens with zero attached hydrogens (tertiary/aromatic N) is 2. The van der Waals surface area contributed by atoms with Gasteiger partial charge >= 0.3 is 0 Å². The smallest absolute Gasteiger partial charge is 0.240 e. The summed E-state index contributed by atoms with van der Waals surface area (Å²) in [7, 11) is -3.57. The molecule has 2 bridgehead atoms. The highest BCUT2D eigenvalue weighted by molar-refractivity contribution is 7.89. The molecule has 3 aliphatic rings. The van der Waals surface area contributed by atoms with Crippen molar-refractivity contribution in [1.82, 2.24) is 14.7 Å². The molecule has 2 heterocycles. The Kier molecular flexibility index (Phi) is 5.51. The van der Waals surface area contributed by atoms with Crippen molar-refractivity contribution in [3.63, 3.8) is 0 Å². The Bertz CT molecular complexity index is 1430. The van der Waals surface area contributed by atoms with Gasteiger partial charge in [-0.2, -0.15) is 0 Å². The van der Waals surface area contributed by atoms with Crippen LogP contribution < -0.4 is 15.4 Å². The van der Waals surface area contributed by atoms with Crippen LogP contribution in [0, 0.1) is 11.8 Å². The number of nitrogens with one attached hydrogen (secondary N) is 3. The molecule has 8 nitrogen and oxygen atoms in total. The molecule has 35 heavy (non-hydrogen) atoms. The number of carbonyl (C=O) groups is 1. The molecule has 180 valence electrons. The standard InChI is InChI=1S/C25H24ClN5O3S/c26-17-3-8-20-22(12-17)29-23(32)11-16-13-27-25(30-24(16)20)28-18-4-6-19(7-5-18)35(33,34)31-21-10-14-1-2-15(21)9-14/h3-8,12-15,21,31H,1-2,9-11H2,(H,29,32)(H,27,28,30)/t14-,15+,21+/m0/s1. The summed E-state index contributed by atoms with van der Waals surface area (Å²) in [5, 5.41) is 6.51. The lowest BCUT2D eigenvalue weighted by Crippen LogP contribution is -2.38. The summed E-state index contributed by atoms with van der Waals surface area (Å²) in [6.45, 7) is 0. The third kappa shape index (κ3) is 4.39. The molecule has 3 N–H and O–H groups in total. The molecule has 10 heteroatoms. The molecule has 0 saturated heterocycles. The van der Waals surface area contributed by atoms with Gasteiger partial charge in [-0.3, -0.25) is 4.79 Å². The van der Waals surface area contributed by atoms with Gasteiger partial charge in [-0.15, -0.1) is 0 Å². The summed E-state index contributed by atoms with van der Waals surface area (Å²) in [5.74, 6) is 1.31. The fourth-order valence-electron chi connectivity index (χ4n) is 5.53. The van der Waals surface area contributed by atoms with E-state index < -0.39 is 10.0 Å². The third-order valence-corrected chi connectivity index (χ3v) is 8.93. The van der Waals surface area contributed by atoms with Crippen LogP contribution in [-0.2, 0) is 21.2 Å². The molecule has 2 aromatic carbocycles. The van der Waals surface area contributed by atoms with Crippen LogP contribution in [0.25, 0.3) is 11.3 Å². The van der Waals surface area contributed by atoms with Gasteiger partial charge in [0.05, 0.1) is 22.7 Å². The SMILES string of the molecule is O=C1Cc2cnc(Nc3ccc(S(=O)(=O)N[C@@H]4C[C@H]5CC[C@@H]4C5)cc3)nc2-c2ccc(Cl)cc2N1. The van der Waals surface area contributed by atoms with Gasteiger partial charge in [0.25, 0.3) is 0 Å². The minimum atomic E-state index is -3.57. The van der Waals surface area contributed by atoms with Crippen molar-refractivity contribution in [2.45, 2.75) is 43.0 Å². The van der Waals surface area contributed by atoms with Gasteiger partial charge < -0.3 is 10.6 Å². The zero-order chi connectivity index (χ0) is 24.2. The normalized spacial score (nSPS) is 22.8. The lowest BCUT2D eigenvalue weighted by Gasteiger charge is -2.22. The molecule has 2 fully saturated rings. The van der Waals surface area contributed by atoms with Crippen LogP contribution in [0.4, 0.5) is 17.3 Å². The molecule has 3 atom stereocenters. The number of fused-ring (bicyclic) bond motifs is 5. The highest BCUT2D eigenvalue weighted by atomic mass is 35.5. The van der Waals surface area contributed by atoms with E-state index in [0.717, 1.165) is 24.8 Å². The van der Waals surface area contributed by atoms with Gasteiger partial charge in [-0.1, -0.05) is 18.0 Å². The van der Waals surface area contributed by atoms with Crippen LogP contribution in [0.15, 0.2) is 53.6 Å². The van der Waals surface area contributed by atoms with E-state index in [1.807, 2.05) is 6.07 Å². The first-order valence-corrected chi connectivity index (χ1v) is 13.6. The zero-order valence-electron chi connectivity index (χ0n) is 18.8. The molecular weight excluding hydrogens is 486 g/mol. The fraction of sp³-hybridized carbons (Fsp3) is 0.320. The zero-order valence-corrected chi connectivity index (χ0v) is 20.4. The van der Waals surface area contributed by atoms with Crippen LogP contribution in [0.5, 0.6) is 0 Å². The van der Waals surface area contributed by atoms with E-state index in [2.05, 4.69) is 25.3 Å². The number of anilines is 3. The van der Waals surface area contributed by atoms with E-state index in [-0.39, 0.29) is 23.3 Å². The Hall–Kier alpha value is -3.01. The predicted octanol–water partition coefficient (Wildman–Crippen LogP) is 4.50. The van der Waals surface area contributed by atoms with Gasteiger partial charge in [-0.25, -0.2) is 23.1 Å². The first-order valence-electron chi connectivity index (χ1n) is 11.7. The Morgan fingerprint density at radius 1 is 1.06 bits per heavy atom. The van der Waals surface area contributed by atoms with Crippen LogP contribution in [-0.4, -0.2) is 30.3 Å². The largest absolute Gasteiger partial charge is 0.325 e. The van der Waals surface area contributed by atoms with Crippen LogP contribution in [0.2, 0.25) is 5.02 Å². The fourth-order valence-corrected chi connectivity index (χ4v) is 7.02. The summed E-state index contributed by atoms with van der Waals surface area (Å²) in [6.07, 6.45) is 6.20. The van der Waals surface area contributed by atoms with Crippen molar-refractivity contribution in [2.75, 3.05) is 10.6 Å². The topological polar surface area (TPSA) is 113 Å². The molecule has 0 unspecified atom stereocenters. The van der Waals surface area contributed by atoms with E-state index >= 15 is 0 Å². The van der Waals surface area contributed by atoms with Crippen molar-refractivity contribution >= 4 is 44.9 Å². The first-order chi connectivity index (χ1) is 16.8. The number of benzene rings is 2. The summed E-state index contributed by atoms with van der Waals surface area (Å²) in [4.78, 5) is 21.5. The van der Waals surface area contributed by atoms with Crippen molar-refractivity contribution in [3.05, 3.63) is 59.2 Å². The van der Waals surface area contributed by atoms with E-state index in [1.165, 1.54) is 6.42 Å². The Morgan fingerprint density at radius 3 is 2.63 bits per heavy atom. The first kappa shape index (κ1) is 22.5. The molecule has 0 spiro atoms. The number of hydrogen-bond donors (Lipinski definition) is 3. The number of hydrogen-bond acceptors (Lipinski definition) is 6. The van der Waals surface area contributed by atoms with Gasteiger partial charge in [0.2, 0.25) is 21.9 Å². The van der Waals surface area contributed by atoms with Gasteiger partial charge in [0.1, 0.15) is 0 Å². The summed E-state index contributed by atoms with van der Waals surface area (Å²) >= 11 is 6.11. The monoisotopic (exact) mass is 509 g/mol. The van der Waals surface area contributed by atoms with Crippen LogP contribution in [0.1, 0.15) is 31.2 Å². The third-order valence-electron chi connectivity index (χ3n) is 7.19. The minimum Gasteiger partial charge on any atom is -0.325 e. The molecule has 0 radical (unpaired) electrons. The number of halogens is 1. The lowest BCUT2D eigenvalue weighted by molar-refractivity contribution is -0.115. The van der Waals surface area contributed by atoms with Crippen molar-refractivity contribution in [1.29, 1.82) is 0 Å². The number of aromatic nitrogens is 2. The predicted molar refractivity (Wildman–Crippen MR) is 134 cm³/mol. The van der Waals surface area contributed by atoms with Crippen molar-refractivity contribution < 1.29 is 13.2 Å². The quantitative estimate of drug-likeness (QED) is 0.466. The molecule has 6 rings (SSSR count). The summed E-state index contributed by atoms with van der Waals surface area (Å²) in [5.41, 5.74) is 3.37. The number of sulfonamides is 1. The van der Waals surface area contributed by atoms with Gasteiger partial charge in [-0.05, 0) is 73.6 Å². The summed E-state index contributed by atoms with van der Waals surface area (Å²) < 4.78 is 28.7. The second-order valence-corrected chi connectivity index (χ2v) is 11.7. The average molecular weight is 510 g/mol. The lowest BCUT2D eigenvalue weighted by atomic mass is 9.96. The Labute approximate surface area is 208 Å². The number of rotatable bonds is 5. The van der Waals surface area contributed by atoms with E-state index in [0.29, 0.717) is 45.4 Å². The second kappa shape index (κ2) is 8.58. The van der Waals surface area contributed by atoms with Crippen molar-refractivity contribution in [3.8, 4) is 11.3 Å². The minimum absolute atomic E-state index is 0.0451.